The quantitative estimate of drug-likeness (QED) is 0.830. The predicted molar refractivity (Wildman–Crippen MR) is 68.3 cm³/mol. The van der Waals surface area contributed by atoms with E-state index in [2.05, 4.69) is 5.10 Å². The molecule has 1 atom stereocenters. The summed E-state index contributed by atoms with van der Waals surface area (Å²) in [5.41, 5.74) is -4.76. The number of carbonyl (C=O) groups is 1. The molecule has 0 bridgehead atoms. The zero-order valence-corrected chi connectivity index (χ0v) is 11.4. The molecule has 2 rings (SSSR count). The van der Waals surface area contributed by atoms with Gasteiger partial charge in [0.1, 0.15) is 11.5 Å². The zero-order chi connectivity index (χ0) is 16.7. The summed E-state index contributed by atoms with van der Waals surface area (Å²) in [7, 11) is 0. The normalized spacial score (nSPS) is 21.6. The number of benzene rings is 1. The monoisotopic (exact) mass is 340 g/mol. The summed E-state index contributed by atoms with van der Waals surface area (Å²) in [4.78, 5) is 12.1. The van der Waals surface area contributed by atoms with Crippen LogP contribution in [0.3, 0.4) is 0 Å². The molecule has 1 unspecified atom stereocenters. The van der Waals surface area contributed by atoms with Crippen LogP contribution in [-0.4, -0.2) is 45.4 Å². The first-order chi connectivity index (χ1) is 10.2. The molecule has 0 radical (unpaired) electrons. The second-order valence-corrected chi connectivity index (χ2v) is 4.96. The van der Waals surface area contributed by atoms with Gasteiger partial charge >= 0.3 is 0 Å². The Bertz CT molecular complexity index is 641. The predicted octanol–water partition coefficient (Wildman–Crippen LogP) is 2.47. The summed E-state index contributed by atoms with van der Waals surface area (Å²) in [5.74, 6) is -2.01. The fraction of sp³-hybridized carbons (Fsp3) is 0.333. The molecule has 1 heterocycles. The Balaban J connectivity index is 2.44. The summed E-state index contributed by atoms with van der Waals surface area (Å²) in [6, 6.07) is 3.15. The van der Waals surface area contributed by atoms with E-state index in [9.17, 15) is 32.6 Å². The van der Waals surface area contributed by atoms with Gasteiger partial charge in [-0.05, 0) is 18.2 Å². The molecule has 1 aromatic rings. The number of hydrogen-bond donors (Lipinski definition) is 2. The maximum absolute atomic E-state index is 13.0. The van der Waals surface area contributed by atoms with Gasteiger partial charge in [0.15, 0.2) is 0 Å². The molecule has 10 heteroatoms. The number of aromatic hydroxyl groups is 1. The minimum atomic E-state index is -3.54. The lowest BCUT2D eigenvalue weighted by Crippen LogP contribution is -2.51. The van der Waals surface area contributed by atoms with Crippen LogP contribution in [-0.2, 0) is 0 Å². The molecule has 0 spiro atoms. The third-order valence-corrected chi connectivity index (χ3v) is 3.26. The molecule has 0 saturated carbocycles. The standard InChI is InChI=1S/C12H9ClF4N2O3/c13-5-1-2-6(8(20)3-5)10(21)19-12(22,11(16)17)4-7(18-19)9(14)15/h1-3,9,11,20,22H,4H2. The Hall–Kier alpha value is -1.87. The fourth-order valence-corrected chi connectivity index (χ4v) is 2.07. The first-order valence-corrected chi connectivity index (χ1v) is 6.23. The summed E-state index contributed by atoms with van der Waals surface area (Å²) in [6.45, 7) is 0. The number of nitrogens with zero attached hydrogens (tertiary/aromatic N) is 2. The van der Waals surface area contributed by atoms with Crippen molar-refractivity contribution in [3.63, 3.8) is 0 Å². The van der Waals surface area contributed by atoms with Gasteiger partial charge in [-0.15, -0.1) is 0 Å². The number of phenolic OH excluding ortho intramolecular Hbond substituents is 1. The van der Waals surface area contributed by atoms with Gasteiger partial charge in [-0.3, -0.25) is 4.79 Å². The molecular weight excluding hydrogens is 332 g/mol. The highest BCUT2D eigenvalue weighted by atomic mass is 35.5. The maximum atomic E-state index is 13.0. The average Bonchev–Trinajstić information content (AvgIpc) is 2.78. The van der Waals surface area contributed by atoms with Crippen LogP contribution in [0.2, 0.25) is 5.02 Å². The zero-order valence-electron chi connectivity index (χ0n) is 10.7. The van der Waals surface area contributed by atoms with E-state index >= 15 is 0 Å². The molecule has 2 N–H and O–H groups in total. The summed E-state index contributed by atoms with van der Waals surface area (Å²) < 4.78 is 51.3. The van der Waals surface area contributed by atoms with E-state index in [1.807, 2.05) is 0 Å². The van der Waals surface area contributed by atoms with E-state index in [0.29, 0.717) is 0 Å². The molecule has 22 heavy (non-hydrogen) atoms. The van der Waals surface area contributed by atoms with Crippen molar-refractivity contribution in [1.82, 2.24) is 5.01 Å². The van der Waals surface area contributed by atoms with Crippen molar-refractivity contribution in [2.75, 3.05) is 0 Å². The lowest BCUT2D eigenvalue weighted by Gasteiger charge is -2.30. The van der Waals surface area contributed by atoms with E-state index in [1.165, 1.54) is 6.07 Å². The van der Waals surface area contributed by atoms with Gasteiger partial charge in [0.05, 0.1) is 5.56 Å². The molecular formula is C12H9ClF4N2O3. The lowest BCUT2D eigenvalue weighted by molar-refractivity contribution is -0.164. The van der Waals surface area contributed by atoms with Crippen LogP contribution in [0, 0.1) is 0 Å². The second-order valence-electron chi connectivity index (χ2n) is 4.53. The Labute approximate surface area is 126 Å². The Morgan fingerprint density at radius 3 is 2.50 bits per heavy atom. The second kappa shape index (κ2) is 5.73. The average molecular weight is 341 g/mol. The van der Waals surface area contributed by atoms with Crippen molar-refractivity contribution in [2.45, 2.75) is 25.0 Å². The largest absolute Gasteiger partial charge is 0.507 e. The molecule has 0 fully saturated rings. The topological polar surface area (TPSA) is 73.1 Å². The lowest BCUT2D eigenvalue weighted by atomic mass is 10.1. The van der Waals surface area contributed by atoms with Crippen LogP contribution in [0.4, 0.5) is 17.6 Å². The molecule has 1 aliphatic rings. The molecule has 1 aliphatic heterocycles. The summed E-state index contributed by atoms with van der Waals surface area (Å²) >= 11 is 5.57. The molecule has 0 saturated heterocycles. The number of rotatable bonds is 3. The van der Waals surface area contributed by atoms with Gasteiger partial charge < -0.3 is 10.2 Å². The third-order valence-electron chi connectivity index (χ3n) is 3.02. The maximum Gasteiger partial charge on any atom is 0.287 e. The molecule has 0 aliphatic carbocycles. The number of amides is 1. The number of aliphatic hydroxyl groups is 1. The van der Waals surface area contributed by atoms with Crippen molar-refractivity contribution in [1.29, 1.82) is 0 Å². The van der Waals surface area contributed by atoms with Gasteiger partial charge in [0.2, 0.25) is 5.72 Å². The number of hydrazone groups is 1. The van der Waals surface area contributed by atoms with Crippen molar-refractivity contribution in [3.05, 3.63) is 28.8 Å². The van der Waals surface area contributed by atoms with Crippen LogP contribution in [0.1, 0.15) is 16.8 Å². The van der Waals surface area contributed by atoms with E-state index in [0.717, 1.165) is 12.1 Å². The summed E-state index contributed by atoms with van der Waals surface area (Å²) in [5, 5.41) is 22.4. The SMILES string of the molecule is O=C(c1ccc(Cl)cc1O)N1N=C(C(F)F)CC1(O)C(F)F. The Morgan fingerprint density at radius 1 is 1.36 bits per heavy atom. The van der Waals surface area contributed by atoms with E-state index < -0.39 is 47.9 Å². The van der Waals surface area contributed by atoms with Gasteiger partial charge in [0.25, 0.3) is 18.8 Å². The van der Waals surface area contributed by atoms with E-state index in [1.54, 1.807) is 0 Å². The Morgan fingerprint density at radius 2 is 2.00 bits per heavy atom. The van der Waals surface area contributed by atoms with Gasteiger partial charge in [-0.1, -0.05) is 11.6 Å². The number of carbonyl (C=O) groups excluding carboxylic acids is 1. The first kappa shape index (κ1) is 16.5. The number of phenols is 1. The van der Waals surface area contributed by atoms with Crippen molar-refractivity contribution in [2.24, 2.45) is 5.10 Å². The molecule has 5 nitrogen and oxygen atoms in total. The third kappa shape index (κ3) is 2.73. The van der Waals surface area contributed by atoms with Crippen LogP contribution in [0.15, 0.2) is 23.3 Å². The van der Waals surface area contributed by atoms with Gasteiger partial charge in [-0.2, -0.15) is 10.1 Å². The fourth-order valence-electron chi connectivity index (χ4n) is 1.90. The van der Waals surface area contributed by atoms with E-state index in [-0.39, 0.29) is 10.0 Å². The first-order valence-electron chi connectivity index (χ1n) is 5.86. The van der Waals surface area contributed by atoms with Crippen LogP contribution < -0.4 is 0 Å². The van der Waals surface area contributed by atoms with Crippen LogP contribution in [0.25, 0.3) is 0 Å². The molecule has 1 amide bonds. The van der Waals surface area contributed by atoms with Crippen molar-refractivity contribution < 1.29 is 32.6 Å². The van der Waals surface area contributed by atoms with Gasteiger partial charge in [-0.25, -0.2) is 17.6 Å². The van der Waals surface area contributed by atoms with Crippen LogP contribution in [0.5, 0.6) is 5.75 Å². The number of hydrogen-bond acceptors (Lipinski definition) is 4. The molecule has 0 aromatic heterocycles. The van der Waals surface area contributed by atoms with Crippen molar-refractivity contribution in [3.8, 4) is 5.75 Å². The minimum Gasteiger partial charge on any atom is -0.507 e. The minimum absolute atomic E-state index is 0.0661. The number of halogens is 5. The van der Waals surface area contributed by atoms with Crippen molar-refractivity contribution >= 4 is 23.2 Å². The van der Waals surface area contributed by atoms with E-state index in [4.69, 9.17) is 11.6 Å². The number of alkyl halides is 4. The Kier molecular flexibility index (Phi) is 4.30. The smallest absolute Gasteiger partial charge is 0.287 e. The molecule has 120 valence electrons. The highest BCUT2D eigenvalue weighted by molar-refractivity contribution is 6.30. The summed E-state index contributed by atoms with van der Waals surface area (Å²) in [6.07, 6.45) is -7.93. The molecule has 1 aromatic carbocycles. The highest BCUT2D eigenvalue weighted by Crippen LogP contribution is 2.35. The van der Waals surface area contributed by atoms with Gasteiger partial charge in [0, 0.05) is 11.4 Å². The van der Waals surface area contributed by atoms with Crippen LogP contribution >= 0.6 is 11.6 Å². The highest BCUT2D eigenvalue weighted by Gasteiger charge is 2.53.